The Bertz CT molecular complexity index is 661. The number of hydrogen-bond donors (Lipinski definition) is 2. The van der Waals surface area contributed by atoms with E-state index in [2.05, 4.69) is 47.1 Å². The predicted molar refractivity (Wildman–Crippen MR) is 120 cm³/mol. The van der Waals surface area contributed by atoms with Crippen molar-refractivity contribution in [2.75, 3.05) is 33.7 Å². The Balaban J connectivity index is 0.00000338. The van der Waals surface area contributed by atoms with Crippen LogP contribution in [0.5, 0.6) is 0 Å². The second-order valence-corrected chi connectivity index (χ2v) is 6.96. The first-order valence-electron chi connectivity index (χ1n) is 8.57. The summed E-state index contributed by atoms with van der Waals surface area (Å²) in [6, 6.07) is 11.4. The summed E-state index contributed by atoms with van der Waals surface area (Å²) in [7, 11) is 4.14. The van der Waals surface area contributed by atoms with Crippen LogP contribution in [0.25, 0.3) is 0 Å². The van der Waals surface area contributed by atoms with Crippen molar-refractivity contribution in [2.24, 2.45) is 4.99 Å². The van der Waals surface area contributed by atoms with Gasteiger partial charge in [-0.15, -0.1) is 35.3 Å². The molecule has 144 valence electrons. The largest absolute Gasteiger partial charge is 0.357 e. The van der Waals surface area contributed by atoms with E-state index in [1.807, 2.05) is 19.1 Å². The number of guanidine groups is 1. The fourth-order valence-corrected chi connectivity index (χ4v) is 3.44. The minimum atomic E-state index is -0.156. The van der Waals surface area contributed by atoms with Gasteiger partial charge in [0.1, 0.15) is 5.82 Å². The Labute approximate surface area is 176 Å². The first kappa shape index (κ1) is 22.9. The third-order valence-electron chi connectivity index (χ3n) is 3.91. The zero-order chi connectivity index (χ0) is 18.1. The monoisotopic (exact) mass is 490 g/mol. The average molecular weight is 490 g/mol. The lowest BCUT2D eigenvalue weighted by Crippen LogP contribution is -2.39. The highest BCUT2D eigenvalue weighted by Crippen LogP contribution is 2.23. The van der Waals surface area contributed by atoms with Crippen LogP contribution in [0.4, 0.5) is 4.39 Å². The molecule has 2 N–H and O–H groups in total. The molecular weight excluding hydrogens is 462 g/mol. The van der Waals surface area contributed by atoms with Gasteiger partial charge in [-0.1, -0.05) is 24.3 Å². The van der Waals surface area contributed by atoms with E-state index in [0.29, 0.717) is 19.5 Å². The van der Waals surface area contributed by atoms with Gasteiger partial charge in [-0.3, -0.25) is 4.99 Å². The Kier molecular flexibility index (Phi) is 10.8. The van der Waals surface area contributed by atoms with Gasteiger partial charge < -0.3 is 15.5 Å². The quantitative estimate of drug-likeness (QED) is 0.335. The van der Waals surface area contributed by atoms with Crippen LogP contribution in [0, 0.1) is 5.82 Å². The number of hydrogen-bond acceptors (Lipinski definition) is 3. The molecule has 7 heteroatoms. The number of nitrogens with zero attached hydrogens (tertiary/aromatic N) is 2. The third kappa shape index (κ3) is 7.20. The van der Waals surface area contributed by atoms with E-state index in [1.165, 1.54) is 10.9 Å². The summed E-state index contributed by atoms with van der Waals surface area (Å²) in [5.74, 6) is 0.610. The van der Waals surface area contributed by atoms with Crippen LogP contribution in [0.15, 0.2) is 46.8 Å². The zero-order valence-corrected chi connectivity index (χ0v) is 18.7. The molecule has 0 fully saturated rings. The van der Waals surface area contributed by atoms with Crippen molar-refractivity contribution in [3.8, 4) is 0 Å². The molecule has 0 aliphatic heterocycles. The molecule has 2 aromatic rings. The minimum absolute atomic E-state index is 0. The van der Waals surface area contributed by atoms with Gasteiger partial charge in [0.2, 0.25) is 0 Å². The lowest BCUT2D eigenvalue weighted by atomic mass is 10.1. The molecule has 0 aliphatic rings. The van der Waals surface area contributed by atoms with E-state index in [4.69, 9.17) is 4.99 Å². The number of nitrogens with one attached hydrogen (secondary N) is 2. The Hall–Kier alpha value is -1.19. The maximum atomic E-state index is 13.7. The van der Waals surface area contributed by atoms with Crippen LogP contribution < -0.4 is 10.6 Å². The topological polar surface area (TPSA) is 39.7 Å². The van der Waals surface area contributed by atoms with Gasteiger partial charge in [-0.2, -0.15) is 0 Å². The van der Waals surface area contributed by atoms with Crippen molar-refractivity contribution in [1.29, 1.82) is 0 Å². The molecule has 1 heterocycles. The third-order valence-corrected chi connectivity index (χ3v) is 4.88. The number of thiophene rings is 1. The molecule has 1 unspecified atom stereocenters. The van der Waals surface area contributed by atoms with Gasteiger partial charge in [0.05, 0.1) is 12.6 Å². The van der Waals surface area contributed by atoms with Crippen LogP contribution in [-0.2, 0) is 6.42 Å². The number of rotatable bonds is 8. The summed E-state index contributed by atoms with van der Waals surface area (Å²) in [5, 5.41) is 8.64. The molecule has 1 aromatic heterocycles. The molecule has 0 aliphatic carbocycles. The van der Waals surface area contributed by atoms with Gasteiger partial charge in [0, 0.05) is 18.0 Å². The zero-order valence-electron chi connectivity index (χ0n) is 15.5. The molecule has 26 heavy (non-hydrogen) atoms. The molecule has 0 radical (unpaired) electrons. The first-order valence-corrected chi connectivity index (χ1v) is 9.45. The van der Waals surface area contributed by atoms with Gasteiger partial charge in [-0.05, 0) is 50.5 Å². The molecule has 0 bridgehead atoms. The number of likely N-dealkylation sites (N-methyl/N-ethyl adjacent to an activating group) is 1. The van der Waals surface area contributed by atoms with E-state index < -0.39 is 0 Å². The lowest BCUT2D eigenvalue weighted by Gasteiger charge is -2.22. The van der Waals surface area contributed by atoms with Crippen molar-refractivity contribution in [3.63, 3.8) is 0 Å². The highest BCUT2D eigenvalue weighted by atomic mass is 127. The van der Waals surface area contributed by atoms with E-state index in [-0.39, 0.29) is 35.8 Å². The van der Waals surface area contributed by atoms with Crippen LogP contribution in [0.3, 0.4) is 0 Å². The van der Waals surface area contributed by atoms with E-state index in [9.17, 15) is 4.39 Å². The average Bonchev–Trinajstić information content (AvgIpc) is 3.10. The van der Waals surface area contributed by atoms with Gasteiger partial charge in [0.25, 0.3) is 0 Å². The van der Waals surface area contributed by atoms with E-state index in [1.54, 1.807) is 17.4 Å². The summed E-state index contributed by atoms with van der Waals surface area (Å²) in [6.45, 7) is 4.13. The molecule has 1 atom stereocenters. The predicted octanol–water partition coefficient (Wildman–Crippen LogP) is 3.91. The SMILES string of the molecule is CCNC(=NCC(c1cccs1)N(C)C)NCCc1ccccc1F.I. The summed E-state index contributed by atoms with van der Waals surface area (Å²) < 4.78 is 13.7. The highest BCUT2D eigenvalue weighted by Gasteiger charge is 2.14. The lowest BCUT2D eigenvalue weighted by molar-refractivity contribution is 0.310. The Morgan fingerprint density at radius 3 is 2.58 bits per heavy atom. The van der Waals surface area contributed by atoms with Crippen LogP contribution in [0.1, 0.15) is 23.4 Å². The molecule has 0 spiro atoms. The molecule has 4 nitrogen and oxygen atoms in total. The highest BCUT2D eigenvalue weighted by molar-refractivity contribution is 14.0. The number of benzene rings is 1. The molecule has 0 saturated carbocycles. The van der Waals surface area contributed by atoms with Gasteiger partial charge in [-0.25, -0.2) is 4.39 Å². The smallest absolute Gasteiger partial charge is 0.191 e. The van der Waals surface area contributed by atoms with Crippen molar-refractivity contribution < 1.29 is 4.39 Å². The van der Waals surface area contributed by atoms with Crippen molar-refractivity contribution in [1.82, 2.24) is 15.5 Å². The van der Waals surface area contributed by atoms with Crippen molar-refractivity contribution in [2.45, 2.75) is 19.4 Å². The normalized spacial score (nSPS) is 12.6. The van der Waals surface area contributed by atoms with E-state index in [0.717, 1.165) is 18.1 Å². The molecule has 0 amide bonds. The van der Waals surface area contributed by atoms with Crippen molar-refractivity contribution >= 4 is 41.3 Å². The summed E-state index contributed by atoms with van der Waals surface area (Å²) >= 11 is 1.75. The maximum Gasteiger partial charge on any atom is 0.191 e. The summed E-state index contributed by atoms with van der Waals surface area (Å²) in [6.07, 6.45) is 0.624. The Morgan fingerprint density at radius 2 is 1.96 bits per heavy atom. The minimum Gasteiger partial charge on any atom is -0.357 e. The van der Waals surface area contributed by atoms with Crippen LogP contribution in [0.2, 0.25) is 0 Å². The maximum absolute atomic E-state index is 13.7. The van der Waals surface area contributed by atoms with Crippen LogP contribution in [-0.4, -0.2) is 44.6 Å². The van der Waals surface area contributed by atoms with Crippen LogP contribution >= 0.6 is 35.3 Å². The summed E-state index contributed by atoms with van der Waals surface area (Å²) in [4.78, 5) is 8.19. The molecule has 2 rings (SSSR count). The van der Waals surface area contributed by atoms with Gasteiger partial charge >= 0.3 is 0 Å². The second-order valence-electron chi connectivity index (χ2n) is 5.98. The fourth-order valence-electron chi connectivity index (χ4n) is 2.52. The van der Waals surface area contributed by atoms with Gasteiger partial charge in [0.15, 0.2) is 5.96 Å². The molecule has 0 saturated heterocycles. The Morgan fingerprint density at radius 1 is 1.19 bits per heavy atom. The molecular formula is C19H28FIN4S. The van der Waals surface area contributed by atoms with Crippen molar-refractivity contribution in [3.05, 3.63) is 58.0 Å². The first-order chi connectivity index (χ1) is 12.1. The standard InChI is InChI=1S/C19H27FN4S.HI/c1-4-21-19(22-12-11-15-8-5-6-9-16(15)20)23-14-17(24(2)3)18-10-7-13-25-18;/h5-10,13,17H,4,11-12,14H2,1-3H3,(H2,21,22,23);1H. The number of aliphatic imine (C=N–C) groups is 1. The molecule has 1 aromatic carbocycles. The second kappa shape index (κ2) is 12.2. The number of halogens is 2. The fraction of sp³-hybridized carbons (Fsp3) is 0.421. The van der Waals surface area contributed by atoms with E-state index >= 15 is 0 Å². The summed E-state index contributed by atoms with van der Waals surface area (Å²) in [5.41, 5.74) is 0.718.